The first-order chi connectivity index (χ1) is 10.0. The van der Waals surface area contributed by atoms with Crippen LogP contribution in [0.4, 0.5) is 11.9 Å². The van der Waals surface area contributed by atoms with Crippen molar-refractivity contribution in [3.63, 3.8) is 0 Å². The first kappa shape index (κ1) is 17.8. The van der Waals surface area contributed by atoms with Crippen LogP contribution in [0.2, 0.25) is 0 Å². The van der Waals surface area contributed by atoms with E-state index in [1.54, 1.807) is 0 Å². The molecule has 1 aromatic rings. The van der Waals surface area contributed by atoms with E-state index in [2.05, 4.69) is 46.4 Å². The molecule has 1 rings (SSSR count). The van der Waals surface area contributed by atoms with Gasteiger partial charge in [0.2, 0.25) is 11.9 Å². The Morgan fingerprint density at radius 3 is 2.43 bits per heavy atom. The average Bonchev–Trinajstić information content (AvgIpc) is 2.42. The van der Waals surface area contributed by atoms with Gasteiger partial charge in [0.15, 0.2) is 0 Å². The molecular weight excluding hydrogens is 286 g/mol. The normalized spacial score (nSPS) is 12.3. The minimum atomic E-state index is 0.0346. The topological polar surface area (TPSA) is 72.0 Å². The summed E-state index contributed by atoms with van der Waals surface area (Å²) in [6, 6.07) is 0.653. The first-order valence-corrected chi connectivity index (χ1v) is 8.71. The van der Waals surface area contributed by atoms with Crippen LogP contribution >= 0.6 is 11.8 Å². The Labute approximate surface area is 131 Å². The number of rotatable bonds is 10. The summed E-state index contributed by atoms with van der Waals surface area (Å²) in [6.07, 6.45) is 1.05. The maximum absolute atomic E-state index is 5.59. The molecule has 0 saturated carbocycles. The van der Waals surface area contributed by atoms with Crippen molar-refractivity contribution in [1.29, 1.82) is 0 Å². The van der Waals surface area contributed by atoms with Crippen LogP contribution in [0, 0.1) is 0 Å². The number of anilines is 2. The number of aromatic nitrogens is 3. The van der Waals surface area contributed by atoms with Crippen LogP contribution in [0.3, 0.4) is 0 Å². The molecule has 21 heavy (non-hydrogen) atoms. The highest BCUT2D eigenvalue weighted by atomic mass is 32.2. The molecule has 0 aliphatic rings. The van der Waals surface area contributed by atoms with Gasteiger partial charge in [0, 0.05) is 18.3 Å². The smallest absolute Gasteiger partial charge is 0.323 e. The lowest BCUT2D eigenvalue weighted by molar-refractivity contribution is 0.222. The number of thioether (sulfide) groups is 1. The molecule has 6 nitrogen and oxygen atoms in total. The van der Waals surface area contributed by atoms with E-state index in [0.29, 0.717) is 23.9 Å². The molecule has 1 atom stereocenters. The summed E-state index contributed by atoms with van der Waals surface area (Å²) in [5.74, 6) is 3.23. The number of hydrogen-bond donors (Lipinski definition) is 2. The Balaban J connectivity index is 2.79. The zero-order valence-corrected chi connectivity index (χ0v) is 14.5. The highest BCUT2D eigenvalue weighted by Gasteiger charge is 2.11. The van der Waals surface area contributed by atoms with Gasteiger partial charge in [-0.3, -0.25) is 0 Å². The standard InChI is InChI=1S/C14H27N5OS/c1-6-8-15-12-17-13(16-11(5)9-21-7-2)19-14(18-12)20-10(3)4/h10-11H,6-9H2,1-5H3,(H2,15,16,17,18,19). The van der Waals surface area contributed by atoms with E-state index in [-0.39, 0.29) is 6.10 Å². The Hall–Kier alpha value is -1.24. The molecule has 7 heteroatoms. The van der Waals surface area contributed by atoms with Crippen molar-refractivity contribution in [3.8, 4) is 6.01 Å². The molecule has 0 spiro atoms. The van der Waals surface area contributed by atoms with Crippen LogP contribution < -0.4 is 15.4 Å². The summed E-state index contributed by atoms with van der Waals surface area (Å²) in [4.78, 5) is 13.0. The van der Waals surface area contributed by atoms with Gasteiger partial charge in [-0.05, 0) is 32.9 Å². The van der Waals surface area contributed by atoms with Crippen molar-refractivity contribution in [3.05, 3.63) is 0 Å². The molecule has 0 saturated heterocycles. The molecule has 0 aliphatic heterocycles. The van der Waals surface area contributed by atoms with E-state index < -0.39 is 0 Å². The molecule has 0 bridgehead atoms. The molecule has 1 aromatic heterocycles. The summed E-state index contributed by atoms with van der Waals surface area (Å²) in [7, 11) is 0. The number of nitrogens with one attached hydrogen (secondary N) is 2. The molecular formula is C14H27N5OS. The minimum absolute atomic E-state index is 0.0346. The molecule has 1 heterocycles. The van der Waals surface area contributed by atoms with Gasteiger partial charge in [-0.25, -0.2) is 0 Å². The lowest BCUT2D eigenvalue weighted by atomic mass is 10.4. The second-order valence-electron chi connectivity index (χ2n) is 5.06. The lowest BCUT2D eigenvalue weighted by Crippen LogP contribution is -2.21. The predicted molar refractivity (Wildman–Crippen MR) is 90.5 cm³/mol. The third-order valence-electron chi connectivity index (χ3n) is 2.44. The van der Waals surface area contributed by atoms with Gasteiger partial charge in [-0.2, -0.15) is 26.7 Å². The van der Waals surface area contributed by atoms with Gasteiger partial charge in [0.05, 0.1) is 6.10 Å². The van der Waals surface area contributed by atoms with Gasteiger partial charge >= 0.3 is 6.01 Å². The average molecular weight is 313 g/mol. The summed E-state index contributed by atoms with van der Waals surface area (Å²) in [5.41, 5.74) is 0. The Kier molecular flexibility index (Phi) is 8.19. The van der Waals surface area contributed by atoms with Crippen molar-refractivity contribution in [2.75, 3.05) is 28.7 Å². The third kappa shape index (κ3) is 7.36. The van der Waals surface area contributed by atoms with Gasteiger partial charge in [0.1, 0.15) is 0 Å². The quantitative estimate of drug-likeness (QED) is 0.688. The molecule has 0 fully saturated rings. The highest BCUT2D eigenvalue weighted by molar-refractivity contribution is 7.99. The minimum Gasteiger partial charge on any atom is -0.461 e. The van der Waals surface area contributed by atoms with Crippen molar-refractivity contribution in [2.24, 2.45) is 0 Å². The fourth-order valence-corrected chi connectivity index (χ4v) is 2.23. The first-order valence-electron chi connectivity index (χ1n) is 7.56. The van der Waals surface area contributed by atoms with Gasteiger partial charge < -0.3 is 15.4 Å². The van der Waals surface area contributed by atoms with Gasteiger partial charge in [-0.15, -0.1) is 0 Å². The molecule has 2 N–H and O–H groups in total. The van der Waals surface area contributed by atoms with Crippen LogP contribution in [-0.2, 0) is 0 Å². The summed E-state index contributed by atoms with van der Waals surface area (Å²) in [5, 5.41) is 6.48. The number of ether oxygens (including phenoxy) is 1. The molecule has 0 aromatic carbocycles. The van der Waals surface area contributed by atoms with E-state index in [9.17, 15) is 0 Å². The number of nitrogens with zero attached hydrogens (tertiary/aromatic N) is 3. The highest BCUT2D eigenvalue weighted by Crippen LogP contribution is 2.14. The molecule has 0 aliphatic carbocycles. The lowest BCUT2D eigenvalue weighted by Gasteiger charge is -2.15. The Morgan fingerprint density at radius 2 is 1.81 bits per heavy atom. The van der Waals surface area contributed by atoms with Gasteiger partial charge in [0.25, 0.3) is 0 Å². The van der Waals surface area contributed by atoms with E-state index in [1.165, 1.54) is 0 Å². The van der Waals surface area contributed by atoms with Crippen LogP contribution in [0.25, 0.3) is 0 Å². The Morgan fingerprint density at radius 1 is 1.10 bits per heavy atom. The van der Waals surface area contributed by atoms with Crippen LogP contribution in [-0.4, -0.2) is 45.1 Å². The van der Waals surface area contributed by atoms with E-state index in [4.69, 9.17) is 4.74 Å². The zero-order chi connectivity index (χ0) is 15.7. The third-order valence-corrected chi connectivity index (χ3v) is 3.58. The van der Waals surface area contributed by atoms with E-state index >= 15 is 0 Å². The maximum atomic E-state index is 5.59. The van der Waals surface area contributed by atoms with Gasteiger partial charge in [-0.1, -0.05) is 13.8 Å². The van der Waals surface area contributed by atoms with Crippen molar-refractivity contribution >= 4 is 23.7 Å². The second-order valence-corrected chi connectivity index (χ2v) is 6.38. The van der Waals surface area contributed by atoms with Crippen molar-refractivity contribution in [2.45, 2.75) is 53.2 Å². The molecule has 1 unspecified atom stereocenters. The van der Waals surface area contributed by atoms with Crippen LogP contribution in [0.1, 0.15) is 41.0 Å². The fraction of sp³-hybridized carbons (Fsp3) is 0.786. The predicted octanol–water partition coefficient (Wildman–Crippen LogP) is 3.03. The summed E-state index contributed by atoms with van der Waals surface area (Å²) >= 11 is 1.89. The van der Waals surface area contributed by atoms with E-state index in [0.717, 1.165) is 24.5 Å². The van der Waals surface area contributed by atoms with Crippen LogP contribution in [0.15, 0.2) is 0 Å². The Bertz CT molecular complexity index is 416. The second kappa shape index (κ2) is 9.65. The summed E-state index contributed by atoms with van der Waals surface area (Å²) in [6.45, 7) is 11.1. The van der Waals surface area contributed by atoms with Crippen molar-refractivity contribution in [1.82, 2.24) is 15.0 Å². The monoisotopic (exact) mass is 313 g/mol. The molecule has 120 valence electrons. The SMILES string of the molecule is CCCNc1nc(NC(C)CSCC)nc(OC(C)C)n1. The van der Waals surface area contributed by atoms with Crippen molar-refractivity contribution < 1.29 is 4.74 Å². The van der Waals surface area contributed by atoms with Crippen LogP contribution in [0.5, 0.6) is 6.01 Å². The fourth-order valence-electron chi connectivity index (χ4n) is 1.56. The largest absolute Gasteiger partial charge is 0.461 e. The molecule has 0 radical (unpaired) electrons. The maximum Gasteiger partial charge on any atom is 0.323 e. The zero-order valence-electron chi connectivity index (χ0n) is 13.6. The molecule has 0 amide bonds. The van der Waals surface area contributed by atoms with E-state index in [1.807, 2.05) is 25.6 Å². The number of hydrogen-bond acceptors (Lipinski definition) is 7. The summed E-state index contributed by atoms with van der Waals surface area (Å²) < 4.78 is 5.59.